The predicted octanol–water partition coefficient (Wildman–Crippen LogP) is 2.87. The molecule has 0 saturated heterocycles. The highest BCUT2D eigenvalue weighted by atomic mass is 16.7. The first-order valence-corrected chi connectivity index (χ1v) is 9.72. The molecule has 4 rings (SSSR count). The molecule has 0 atom stereocenters. The number of rotatable bonds is 5. The molecule has 7 heteroatoms. The lowest BCUT2D eigenvalue weighted by atomic mass is 9.93. The fourth-order valence-corrected chi connectivity index (χ4v) is 3.74. The van der Waals surface area contributed by atoms with Crippen LogP contribution >= 0.6 is 0 Å². The van der Waals surface area contributed by atoms with E-state index in [4.69, 9.17) is 14.2 Å². The van der Waals surface area contributed by atoms with Crippen molar-refractivity contribution in [3.8, 4) is 17.5 Å². The van der Waals surface area contributed by atoms with Gasteiger partial charge in [-0.15, -0.1) is 0 Å². The van der Waals surface area contributed by atoms with Gasteiger partial charge in [-0.25, -0.2) is 9.97 Å². The van der Waals surface area contributed by atoms with Crippen LogP contribution in [0.5, 0.6) is 17.5 Å². The number of hydrogen-bond donors (Lipinski definition) is 1. The van der Waals surface area contributed by atoms with Gasteiger partial charge in [0.25, 0.3) is 0 Å². The van der Waals surface area contributed by atoms with Gasteiger partial charge >= 0.3 is 6.01 Å². The molecule has 1 aromatic heterocycles. The van der Waals surface area contributed by atoms with Crippen molar-refractivity contribution in [2.24, 2.45) is 0 Å². The molecule has 1 fully saturated rings. The van der Waals surface area contributed by atoms with Gasteiger partial charge in [0.05, 0.1) is 6.42 Å². The van der Waals surface area contributed by atoms with Gasteiger partial charge in [0.1, 0.15) is 6.10 Å². The van der Waals surface area contributed by atoms with Crippen LogP contribution in [0.15, 0.2) is 24.3 Å². The maximum atomic E-state index is 12.4. The van der Waals surface area contributed by atoms with Crippen LogP contribution in [-0.4, -0.2) is 34.8 Å². The molecule has 1 amide bonds. The molecule has 0 unspecified atom stereocenters. The van der Waals surface area contributed by atoms with Gasteiger partial charge in [-0.05, 0) is 63.3 Å². The van der Waals surface area contributed by atoms with Crippen LogP contribution in [0.2, 0.25) is 0 Å². The summed E-state index contributed by atoms with van der Waals surface area (Å²) >= 11 is 0. The Labute approximate surface area is 164 Å². The van der Waals surface area contributed by atoms with Crippen LogP contribution in [0.3, 0.4) is 0 Å². The quantitative estimate of drug-likeness (QED) is 0.855. The maximum absolute atomic E-state index is 12.4. The Balaban J connectivity index is 1.24. The van der Waals surface area contributed by atoms with Gasteiger partial charge in [0.15, 0.2) is 11.5 Å². The second-order valence-corrected chi connectivity index (χ2v) is 7.46. The average Bonchev–Trinajstić information content (AvgIpc) is 3.10. The summed E-state index contributed by atoms with van der Waals surface area (Å²) in [5.74, 6) is 1.47. The van der Waals surface area contributed by atoms with E-state index in [1.165, 1.54) is 0 Å². The fraction of sp³-hybridized carbons (Fsp3) is 0.476. The molecule has 0 spiro atoms. The molecule has 2 aliphatic rings. The summed E-state index contributed by atoms with van der Waals surface area (Å²) in [4.78, 5) is 21.1. The molecular formula is C21H25N3O4. The molecule has 0 radical (unpaired) electrons. The predicted molar refractivity (Wildman–Crippen MR) is 103 cm³/mol. The second kappa shape index (κ2) is 8.04. The zero-order valence-electron chi connectivity index (χ0n) is 16.2. The third kappa shape index (κ3) is 4.52. The van der Waals surface area contributed by atoms with Crippen molar-refractivity contribution in [2.75, 3.05) is 6.79 Å². The minimum absolute atomic E-state index is 0.0286. The van der Waals surface area contributed by atoms with E-state index in [1.807, 2.05) is 38.1 Å². The van der Waals surface area contributed by atoms with E-state index < -0.39 is 0 Å². The van der Waals surface area contributed by atoms with Crippen LogP contribution < -0.4 is 19.5 Å². The molecule has 1 aliphatic heterocycles. The van der Waals surface area contributed by atoms with Crippen molar-refractivity contribution in [3.05, 3.63) is 41.2 Å². The summed E-state index contributed by atoms with van der Waals surface area (Å²) in [6, 6.07) is 8.19. The number of ether oxygens (including phenoxy) is 3. The second-order valence-electron chi connectivity index (χ2n) is 7.46. The van der Waals surface area contributed by atoms with Gasteiger partial charge in [0, 0.05) is 17.4 Å². The number of benzene rings is 1. The van der Waals surface area contributed by atoms with Crippen LogP contribution in [0, 0.1) is 13.8 Å². The molecule has 1 N–H and O–H groups in total. The fourth-order valence-electron chi connectivity index (χ4n) is 3.74. The summed E-state index contributed by atoms with van der Waals surface area (Å²) in [6.45, 7) is 4.12. The Bertz CT molecular complexity index is 842. The molecule has 28 heavy (non-hydrogen) atoms. The highest BCUT2D eigenvalue weighted by molar-refractivity contribution is 5.79. The lowest BCUT2D eigenvalue weighted by Crippen LogP contribution is -2.40. The van der Waals surface area contributed by atoms with Crippen molar-refractivity contribution in [3.63, 3.8) is 0 Å². The van der Waals surface area contributed by atoms with Crippen molar-refractivity contribution < 1.29 is 19.0 Å². The Morgan fingerprint density at radius 1 is 1.07 bits per heavy atom. The number of carbonyl (C=O) groups is 1. The van der Waals surface area contributed by atoms with Gasteiger partial charge in [-0.1, -0.05) is 6.07 Å². The van der Waals surface area contributed by atoms with Crippen LogP contribution in [0.1, 0.15) is 42.6 Å². The summed E-state index contributed by atoms with van der Waals surface area (Å²) in [5, 5.41) is 3.14. The minimum Gasteiger partial charge on any atom is -0.460 e. The standard InChI is InChI=1S/C21H25N3O4/c1-13-9-14(2)23-21(22-13)28-17-6-4-16(5-7-17)24-20(25)11-15-3-8-18-19(10-15)27-12-26-18/h3,8-10,16-17H,4-7,11-12H2,1-2H3,(H,24,25). The minimum atomic E-state index is 0.0286. The highest BCUT2D eigenvalue weighted by Gasteiger charge is 2.24. The first-order valence-electron chi connectivity index (χ1n) is 9.72. The monoisotopic (exact) mass is 383 g/mol. The van der Waals surface area contributed by atoms with Crippen molar-refractivity contribution >= 4 is 5.91 Å². The van der Waals surface area contributed by atoms with E-state index in [2.05, 4.69) is 15.3 Å². The first-order chi connectivity index (χ1) is 13.5. The average molecular weight is 383 g/mol. The van der Waals surface area contributed by atoms with Crippen LogP contribution in [0.25, 0.3) is 0 Å². The first kappa shape index (κ1) is 18.5. The van der Waals surface area contributed by atoms with E-state index in [1.54, 1.807) is 0 Å². The molecule has 7 nitrogen and oxygen atoms in total. The SMILES string of the molecule is Cc1cc(C)nc(OC2CCC(NC(=O)Cc3ccc4c(c3)OCO4)CC2)n1. The maximum Gasteiger partial charge on any atom is 0.317 e. The molecule has 0 bridgehead atoms. The van der Waals surface area contributed by atoms with Crippen LogP contribution in [-0.2, 0) is 11.2 Å². The van der Waals surface area contributed by atoms with Gasteiger partial charge < -0.3 is 19.5 Å². The molecule has 1 aromatic carbocycles. The number of aryl methyl sites for hydroxylation is 2. The summed E-state index contributed by atoms with van der Waals surface area (Å²) in [6.07, 6.45) is 3.98. The van der Waals surface area contributed by atoms with Crippen molar-refractivity contribution in [1.82, 2.24) is 15.3 Å². The van der Waals surface area contributed by atoms with E-state index in [9.17, 15) is 4.79 Å². The van der Waals surface area contributed by atoms with Crippen molar-refractivity contribution in [2.45, 2.75) is 58.1 Å². The zero-order chi connectivity index (χ0) is 19.5. The molecular weight excluding hydrogens is 358 g/mol. The van der Waals surface area contributed by atoms with E-state index in [0.29, 0.717) is 18.2 Å². The largest absolute Gasteiger partial charge is 0.460 e. The Kier molecular flexibility index (Phi) is 5.32. The molecule has 148 valence electrons. The highest BCUT2D eigenvalue weighted by Crippen LogP contribution is 2.32. The lowest BCUT2D eigenvalue weighted by molar-refractivity contribution is -0.121. The summed E-state index contributed by atoms with van der Waals surface area (Å²) < 4.78 is 16.6. The Morgan fingerprint density at radius 3 is 2.54 bits per heavy atom. The number of fused-ring (bicyclic) bond motifs is 1. The summed E-state index contributed by atoms with van der Waals surface area (Å²) in [5.41, 5.74) is 2.74. The lowest BCUT2D eigenvalue weighted by Gasteiger charge is -2.29. The Morgan fingerprint density at radius 2 is 1.79 bits per heavy atom. The number of nitrogens with zero attached hydrogens (tertiary/aromatic N) is 2. The van der Waals surface area contributed by atoms with E-state index >= 15 is 0 Å². The van der Waals surface area contributed by atoms with E-state index in [0.717, 1.165) is 48.4 Å². The van der Waals surface area contributed by atoms with Crippen molar-refractivity contribution in [1.29, 1.82) is 0 Å². The smallest absolute Gasteiger partial charge is 0.317 e. The molecule has 1 aliphatic carbocycles. The third-order valence-corrected chi connectivity index (χ3v) is 5.07. The number of amides is 1. The van der Waals surface area contributed by atoms with Gasteiger partial charge in [-0.3, -0.25) is 4.79 Å². The summed E-state index contributed by atoms with van der Waals surface area (Å²) in [7, 11) is 0. The topological polar surface area (TPSA) is 82.6 Å². The van der Waals surface area contributed by atoms with Gasteiger partial charge in [-0.2, -0.15) is 0 Å². The van der Waals surface area contributed by atoms with Gasteiger partial charge in [0.2, 0.25) is 12.7 Å². The number of aromatic nitrogens is 2. The Hall–Kier alpha value is -2.83. The molecule has 2 aromatic rings. The normalized spacial score (nSPS) is 20.6. The number of hydrogen-bond acceptors (Lipinski definition) is 6. The zero-order valence-corrected chi connectivity index (χ0v) is 16.2. The van der Waals surface area contributed by atoms with E-state index in [-0.39, 0.29) is 24.8 Å². The number of nitrogens with one attached hydrogen (secondary N) is 1. The molecule has 1 saturated carbocycles. The third-order valence-electron chi connectivity index (χ3n) is 5.07. The molecule has 2 heterocycles. The number of carbonyl (C=O) groups excluding carboxylic acids is 1. The van der Waals surface area contributed by atoms with Crippen LogP contribution in [0.4, 0.5) is 0 Å².